The normalized spacial score (nSPS) is 18.5. The number of nitrogens with zero attached hydrogens (tertiary/aromatic N) is 2. The highest BCUT2D eigenvalue weighted by Gasteiger charge is 2.24. The van der Waals surface area contributed by atoms with Crippen LogP contribution in [0.4, 0.5) is 5.82 Å². The summed E-state index contributed by atoms with van der Waals surface area (Å²) in [4.78, 5) is 16.7. The summed E-state index contributed by atoms with van der Waals surface area (Å²) < 4.78 is 5.93. The van der Waals surface area contributed by atoms with Gasteiger partial charge in [-0.05, 0) is 42.5 Å². The van der Waals surface area contributed by atoms with E-state index in [2.05, 4.69) is 31.4 Å². The third kappa shape index (κ3) is 3.43. The van der Waals surface area contributed by atoms with Crippen LogP contribution >= 0.6 is 27.7 Å². The zero-order valence-corrected chi connectivity index (χ0v) is 13.4. The van der Waals surface area contributed by atoms with E-state index in [1.807, 2.05) is 30.3 Å². The average Bonchev–Trinajstić information content (AvgIpc) is 2.99. The first-order valence-electron chi connectivity index (χ1n) is 6.08. The zero-order chi connectivity index (χ0) is 14.8. The predicted octanol–water partition coefficient (Wildman–Crippen LogP) is 3.64. The van der Waals surface area contributed by atoms with Crippen molar-refractivity contribution in [1.82, 2.24) is 10.5 Å². The molecule has 1 aromatic carbocycles. The number of rotatable bonds is 2. The Kier molecular flexibility index (Phi) is 3.94. The van der Waals surface area contributed by atoms with Crippen molar-refractivity contribution < 1.29 is 9.32 Å². The van der Waals surface area contributed by atoms with E-state index in [1.54, 1.807) is 13.0 Å². The fraction of sp³-hybridized carbons (Fsp3) is 0.0714. The average molecular weight is 364 g/mol. The van der Waals surface area contributed by atoms with E-state index in [0.717, 1.165) is 10.0 Å². The number of thioether (sulfide) groups is 1. The minimum atomic E-state index is -0.165. The molecule has 1 aliphatic heterocycles. The number of aliphatic imine (C=N–C) groups is 1. The van der Waals surface area contributed by atoms with Crippen molar-refractivity contribution in [3.05, 3.63) is 51.0 Å². The monoisotopic (exact) mass is 363 g/mol. The molecule has 1 saturated heterocycles. The van der Waals surface area contributed by atoms with E-state index >= 15 is 0 Å². The lowest BCUT2D eigenvalue weighted by Gasteiger charge is -1.95. The summed E-state index contributed by atoms with van der Waals surface area (Å²) in [6.07, 6.45) is 1.82. The maximum absolute atomic E-state index is 11.9. The molecule has 3 rings (SSSR count). The van der Waals surface area contributed by atoms with Crippen molar-refractivity contribution in [3.8, 4) is 0 Å². The number of amidine groups is 1. The van der Waals surface area contributed by atoms with Gasteiger partial charge in [0.15, 0.2) is 11.0 Å². The second-order valence-corrected chi connectivity index (χ2v) is 6.28. The highest BCUT2D eigenvalue weighted by molar-refractivity contribution is 9.10. The summed E-state index contributed by atoms with van der Waals surface area (Å²) in [5.74, 6) is 0.955. The number of aryl methyl sites for hydroxylation is 1. The summed E-state index contributed by atoms with van der Waals surface area (Å²) in [5, 5.41) is 6.98. The molecule has 2 aromatic rings. The fourth-order valence-corrected chi connectivity index (χ4v) is 2.80. The lowest BCUT2D eigenvalue weighted by atomic mass is 10.2. The van der Waals surface area contributed by atoms with E-state index in [4.69, 9.17) is 4.52 Å². The van der Waals surface area contributed by atoms with Gasteiger partial charge in [0, 0.05) is 10.5 Å². The van der Waals surface area contributed by atoms with Crippen LogP contribution in [0.2, 0.25) is 0 Å². The molecule has 7 heteroatoms. The van der Waals surface area contributed by atoms with Crippen LogP contribution in [0.1, 0.15) is 11.3 Å². The van der Waals surface area contributed by atoms with Gasteiger partial charge >= 0.3 is 0 Å². The number of halogens is 1. The summed E-state index contributed by atoms with van der Waals surface area (Å²) in [6, 6.07) is 9.42. The number of carbonyl (C=O) groups excluding carboxylic acids is 1. The van der Waals surface area contributed by atoms with Crippen LogP contribution in [-0.4, -0.2) is 16.2 Å². The molecule has 1 N–H and O–H groups in total. The predicted molar refractivity (Wildman–Crippen MR) is 86.2 cm³/mol. The van der Waals surface area contributed by atoms with Gasteiger partial charge in [0.05, 0.1) is 4.91 Å². The maximum atomic E-state index is 11.9. The van der Waals surface area contributed by atoms with E-state index in [1.165, 1.54) is 11.8 Å². The SMILES string of the molecule is Cc1cc(N=C2NC(=O)/C(=C\c3ccc(Br)cc3)S2)no1. The summed E-state index contributed by atoms with van der Waals surface area (Å²) in [7, 11) is 0. The van der Waals surface area contributed by atoms with Crippen LogP contribution in [0.25, 0.3) is 6.08 Å². The molecular formula is C14H10BrN3O2S. The van der Waals surface area contributed by atoms with Gasteiger partial charge in [-0.3, -0.25) is 4.79 Å². The molecule has 106 valence electrons. The van der Waals surface area contributed by atoms with Crippen LogP contribution in [-0.2, 0) is 4.79 Å². The Labute approximate surface area is 133 Å². The minimum Gasteiger partial charge on any atom is -0.359 e. The van der Waals surface area contributed by atoms with Gasteiger partial charge in [-0.1, -0.05) is 33.2 Å². The molecule has 5 nitrogen and oxygen atoms in total. The topological polar surface area (TPSA) is 67.5 Å². The Morgan fingerprint density at radius 2 is 2.14 bits per heavy atom. The van der Waals surface area contributed by atoms with E-state index in [-0.39, 0.29) is 5.91 Å². The molecule has 0 aliphatic carbocycles. The molecule has 1 fully saturated rings. The van der Waals surface area contributed by atoms with E-state index in [0.29, 0.717) is 21.7 Å². The molecule has 2 heterocycles. The first-order valence-corrected chi connectivity index (χ1v) is 7.69. The number of aromatic nitrogens is 1. The zero-order valence-electron chi connectivity index (χ0n) is 11.0. The minimum absolute atomic E-state index is 0.165. The summed E-state index contributed by atoms with van der Waals surface area (Å²) >= 11 is 4.66. The fourth-order valence-electron chi connectivity index (χ4n) is 1.70. The van der Waals surface area contributed by atoms with Crippen molar-refractivity contribution in [1.29, 1.82) is 0 Å². The quantitative estimate of drug-likeness (QED) is 0.827. The highest BCUT2D eigenvalue weighted by Crippen LogP contribution is 2.28. The molecule has 1 aliphatic rings. The van der Waals surface area contributed by atoms with Gasteiger partial charge < -0.3 is 9.84 Å². The number of hydrogen-bond donors (Lipinski definition) is 1. The standard InChI is InChI=1S/C14H10BrN3O2S/c1-8-6-12(18-20-8)16-14-17-13(19)11(21-14)7-9-2-4-10(15)5-3-9/h2-7H,1H3,(H,16,17,18,19)/b11-7+. The summed E-state index contributed by atoms with van der Waals surface area (Å²) in [5.41, 5.74) is 0.953. The van der Waals surface area contributed by atoms with E-state index < -0.39 is 0 Å². The molecule has 0 bridgehead atoms. The van der Waals surface area contributed by atoms with Crippen LogP contribution in [0, 0.1) is 6.92 Å². The molecule has 0 spiro atoms. The first-order chi connectivity index (χ1) is 10.1. The number of amides is 1. The molecule has 0 unspecified atom stereocenters. The van der Waals surface area contributed by atoms with Crippen molar-refractivity contribution in [3.63, 3.8) is 0 Å². The van der Waals surface area contributed by atoms with Gasteiger partial charge in [0.1, 0.15) is 5.76 Å². The lowest BCUT2D eigenvalue weighted by molar-refractivity contribution is -0.115. The van der Waals surface area contributed by atoms with Crippen molar-refractivity contribution in [2.24, 2.45) is 4.99 Å². The number of carbonyl (C=O) groups is 1. The Bertz CT molecular complexity index is 750. The van der Waals surface area contributed by atoms with Gasteiger partial charge in [0.2, 0.25) is 0 Å². The Morgan fingerprint density at radius 1 is 1.38 bits per heavy atom. The largest absolute Gasteiger partial charge is 0.359 e. The number of hydrogen-bond acceptors (Lipinski definition) is 5. The third-order valence-corrected chi connectivity index (χ3v) is 4.09. The summed E-state index contributed by atoms with van der Waals surface area (Å²) in [6.45, 7) is 1.79. The number of nitrogens with one attached hydrogen (secondary N) is 1. The molecule has 1 amide bonds. The van der Waals surface area contributed by atoms with Crippen molar-refractivity contribution >= 4 is 50.7 Å². The second kappa shape index (κ2) is 5.87. The van der Waals surface area contributed by atoms with Crippen LogP contribution in [0.3, 0.4) is 0 Å². The Hall–Kier alpha value is -1.86. The van der Waals surface area contributed by atoms with Gasteiger partial charge in [-0.25, -0.2) is 4.99 Å². The Balaban J connectivity index is 1.81. The van der Waals surface area contributed by atoms with Crippen LogP contribution in [0.5, 0.6) is 0 Å². The second-order valence-electron chi connectivity index (χ2n) is 4.33. The maximum Gasteiger partial charge on any atom is 0.264 e. The van der Waals surface area contributed by atoms with Gasteiger partial charge in [-0.2, -0.15) is 0 Å². The van der Waals surface area contributed by atoms with Crippen LogP contribution in [0.15, 0.2) is 49.2 Å². The van der Waals surface area contributed by atoms with Gasteiger partial charge in [0.25, 0.3) is 5.91 Å². The van der Waals surface area contributed by atoms with Crippen molar-refractivity contribution in [2.75, 3.05) is 0 Å². The third-order valence-electron chi connectivity index (χ3n) is 2.65. The molecule has 0 atom stereocenters. The molecule has 1 aromatic heterocycles. The van der Waals surface area contributed by atoms with Gasteiger partial charge in [-0.15, -0.1) is 0 Å². The van der Waals surface area contributed by atoms with Crippen LogP contribution < -0.4 is 5.32 Å². The smallest absolute Gasteiger partial charge is 0.264 e. The molecular weight excluding hydrogens is 354 g/mol. The van der Waals surface area contributed by atoms with E-state index in [9.17, 15) is 4.79 Å². The molecule has 0 saturated carbocycles. The molecule has 0 radical (unpaired) electrons. The first kappa shape index (κ1) is 14.1. The highest BCUT2D eigenvalue weighted by atomic mass is 79.9. The van der Waals surface area contributed by atoms with Crippen molar-refractivity contribution in [2.45, 2.75) is 6.92 Å². The lowest BCUT2D eigenvalue weighted by Crippen LogP contribution is -2.19. The number of benzene rings is 1. The Morgan fingerprint density at radius 3 is 2.81 bits per heavy atom. The molecule has 21 heavy (non-hydrogen) atoms.